The highest BCUT2D eigenvalue weighted by molar-refractivity contribution is 5.42. The van der Waals surface area contributed by atoms with Crippen LogP contribution < -0.4 is 22.5 Å². The fourth-order valence-corrected chi connectivity index (χ4v) is 0.604. The fourth-order valence-electron chi connectivity index (χ4n) is 0.604. The number of hydrogen-bond acceptors (Lipinski definition) is 4. The van der Waals surface area contributed by atoms with Crippen LogP contribution in [-0.4, -0.2) is 32.6 Å². The lowest BCUT2D eigenvalue weighted by Crippen LogP contribution is -2.39. The molecular weight excluding hydrogens is 132 g/mol. The lowest BCUT2D eigenvalue weighted by molar-refractivity contribution is -0.106. The van der Waals surface area contributed by atoms with Gasteiger partial charge in [0.05, 0.1) is 0 Å². The molecule has 1 rings (SSSR count). The predicted octanol–water partition coefficient (Wildman–Crippen LogP) is -1.56. The molecule has 7 N–H and O–H groups in total. The molecule has 1 saturated heterocycles. The SMILES string of the molecule is C1CNCCN1.N.NC=O. The number of nitrogens with one attached hydrogen (secondary N) is 2. The summed E-state index contributed by atoms with van der Waals surface area (Å²) in [4.78, 5) is 8.58. The van der Waals surface area contributed by atoms with Crippen LogP contribution in [0.15, 0.2) is 0 Å². The lowest BCUT2D eigenvalue weighted by atomic mass is 10.4. The average Bonchev–Trinajstić information content (AvgIpc) is 1.93. The molecule has 1 aliphatic rings. The van der Waals surface area contributed by atoms with Crippen molar-refractivity contribution < 1.29 is 4.79 Å². The summed E-state index contributed by atoms with van der Waals surface area (Å²) in [5.74, 6) is 0. The molecule has 0 atom stereocenters. The molecule has 1 amide bonds. The van der Waals surface area contributed by atoms with E-state index in [9.17, 15) is 0 Å². The van der Waals surface area contributed by atoms with Crippen LogP contribution in [0.5, 0.6) is 0 Å². The number of primary amides is 1. The standard InChI is InChI=1S/C4H10N2.CH3NO.H3N/c1-2-6-4-3-5-1;2-1-3;/h5-6H,1-4H2;1H,(H2,2,3);1H3. The molecule has 10 heavy (non-hydrogen) atoms. The minimum atomic E-state index is 0. The van der Waals surface area contributed by atoms with Gasteiger partial charge in [0, 0.05) is 26.2 Å². The molecule has 5 heteroatoms. The Morgan fingerprint density at radius 3 is 1.40 bits per heavy atom. The largest absolute Gasteiger partial charge is 0.372 e. The molecule has 62 valence electrons. The molecule has 1 heterocycles. The first kappa shape index (κ1) is 12.1. The Bertz CT molecular complexity index is 53.2. The molecule has 0 aliphatic carbocycles. The van der Waals surface area contributed by atoms with E-state index in [0.29, 0.717) is 0 Å². The third-order valence-electron chi connectivity index (χ3n) is 0.957. The number of carbonyl (C=O) groups excluding carboxylic acids is 1. The molecule has 1 aliphatic heterocycles. The number of carbonyl (C=O) groups is 1. The second-order valence-corrected chi connectivity index (χ2v) is 1.64. The summed E-state index contributed by atoms with van der Waals surface area (Å²) >= 11 is 0. The number of piperazine rings is 1. The molecule has 0 unspecified atom stereocenters. The number of rotatable bonds is 0. The number of hydrogen-bond donors (Lipinski definition) is 4. The maximum absolute atomic E-state index is 8.58. The molecule has 0 aromatic carbocycles. The number of amides is 1. The van der Waals surface area contributed by atoms with Gasteiger partial charge in [-0.1, -0.05) is 0 Å². The van der Waals surface area contributed by atoms with Crippen LogP contribution in [0, 0.1) is 0 Å². The molecule has 0 aromatic heterocycles. The van der Waals surface area contributed by atoms with Gasteiger partial charge in [-0.05, 0) is 0 Å². The molecule has 0 radical (unpaired) electrons. The summed E-state index contributed by atoms with van der Waals surface area (Å²) in [5, 5.41) is 6.44. The third kappa shape index (κ3) is 10.4. The van der Waals surface area contributed by atoms with E-state index in [2.05, 4.69) is 16.4 Å². The summed E-state index contributed by atoms with van der Waals surface area (Å²) in [6, 6.07) is 0. The van der Waals surface area contributed by atoms with Gasteiger partial charge in [0.1, 0.15) is 0 Å². The van der Waals surface area contributed by atoms with E-state index in [1.165, 1.54) is 0 Å². The minimum Gasteiger partial charge on any atom is -0.372 e. The first-order valence-corrected chi connectivity index (χ1v) is 2.98. The molecule has 1 fully saturated rings. The Labute approximate surface area is 60.9 Å². The van der Waals surface area contributed by atoms with Gasteiger partial charge >= 0.3 is 0 Å². The van der Waals surface area contributed by atoms with Crippen molar-refractivity contribution in [1.29, 1.82) is 0 Å². The normalized spacial score (nSPS) is 15.6. The molecular formula is C5H16N4O. The van der Waals surface area contributed by atoms with E-state index < -0.39 is 0 Å². The monoisotopic (exact) mass is 148 g/mol. The summed E-state index contributed by atoms with van der Waals surface area (Å²) in [6.07, 6.45) is 0.250. The van der Waals surface area contributed by atoms with E-state index in [4.69, 9.17) is 4.79 Å². The van der Waals surface area contributed by atoms with Crippen molar-refractivity contribution in [2.24, 2.45) is 5.73 Å². The molecule has 5 nitrogen and oxygen atoms in total. The Morgan fingerprint density at radius 1 is 1.10 bits per heavy atom. The highest BCUT2D eigenvalue weighted by Gasteiger charge is 1.91. The van der Waals surface area contributed by atoms with Crippen LogP contribution in [0.1, 0.15) is 0 Å². The Balaban J connectivity index is 0. The molecule has 0 bridgehead atoms. The van der Waals surface area contributed by atoms with Crippen molar-refractivity contribution in [3.63, 3.8) is 0 Å². The van der Waals surface area contributed by atoms with Crippen LogP contribution in [0.4, 0.5) is 0 Å². The zero-order valence-electron chi connectivity index (χ0n) is 6.10. The Kier molecular flexibility index (Phi) is 13.5. The van der Waals surface area contributed by atoms with E-state index in [1.807, 2.05) is 0 Å². The highest BCUT2D eigenvalue weighted by Crippen LogP contribution is 1.65. The maximum atomic E-state index is 8.58. The smallest absolute Gasteiger partial charge is 0.204 e. The Hall–Kier alpha value is -0.650. The Morgan fingerprint density at radius 2 is 1.30 bits per heavy atom. The first-order valence-electron chi connectivity index (χ1n) is 2.98. The summed E-state index contributed by atoms with van der Waals surface area (Å²) in [7, 11) is 0. The van der Waals surface area contributed by atoms with E-state index in [-0.39, 0.29) is 12.6 Å². The van der Waals surface area contributed by atoms with Gasteiger partial charge in [-0.15, -0.1) is 0 Å². The van der Waals surface area contributed by atoms with E-state index in [0.717, 1.165) is 26.2 Å². The molecule has 0 aromatic rings. The summed E-state index contributed by atoms with van der Waals surface area (Å²) < 4.78 is 0. The second-order valence-electron chi connectivity index (χ2n) is 1.64. The lowest BCUT2D eigenvalue weighted by Gasteiger charge is -2.11. The first-order chi connectivity index (χ1) is 4.41. The van der Waals surface area contributed by atoms with Crippen molar-refractivity contribution in [3.05, 3.63) is 0 Å². The highest BCUT2D eigenvalue weighted by atomic mass is 16.1. The van der Waals surface area contributed by atoms with Gasteiger partial charge in [0.25, 0.3) is 0 Å². The van der Waals surface area contributed by atoms with Gasteiger partial charge < -0.3 is 22.5 Å². The van der Waals surface area contributed by atoms with Crippen molar-refractivity contribution in [3.8, 4) is 0 Å². The van der Waals surface area contributed by atoms with Crippen LogP contribution in [-0.2, 0) is 4.79 Å². The van der Waals surface area contributed by atoms with Crippen molar-refractivity contribution in [2.45, 2.75) is 0 Å². The molecule has 0 saturated carbocycles. The van der Waals surface area contributed by atoms with Crippen LogP contribution in [0.25, 0.3) is 0 Å². The summed E-state index contributed by atoms with van der Waals surface area (Å²) in [6.45, 7) is 4.56. The van der Waals surface area contributed by atoms with Crippen LogP contribution in [0.3, 0.4) is 0 Å². The van der Waals surface area contributed by atoms with Gasteiger partial charge in [-0.25, -0.2) is 0 Å². The van der Waals surface area contributed by atoms with Crippen LogP contribution >= 0.6 is 0 Å². The van der Waals surface area contributed by atoms with E-state index >= 15 is 0 Å². The van der Waals surface area contributed by atoms with E-state index in [1.54, 1.807) is 0 Å². The van der Waals surface area contributed by atoms with Crippen molar-refractivity contribution in [1.82, 2.24) is 16.8 Å². The van der Waals surface area contributed by atoms with Gasteiger partial charge in [-0.3, -0.25) is 4.79 Å². The topological polar surface area (TPSA) is 102 Å². The quantitative estimate of drug-likeness (QED) is 0.312. The van der Waals surface area contributed by atoms with Gasteiger partial charge in [0.15, 0.2) is 0 Å². The zero-order chi connectivity index (χ0) is 6.95. The molecule has 0 spiro atoms. The summed E-state index contributed by atoms with van der Waals surface area (Å²) in [5.41, 5.74) is 4.17. The zero-order valence-corrected chi connectivity index (χ0v) is 6.10. The minimum absolute atomic E-state index is 0. The fraction of sp³-hybridized carbons (Fsp3) is 0.800. The predicted molar refractivity (Wildman–Crippen MR) is 41.0 cm³/mol. The maximum Gasteiger partial charge on any atom is 0.204 e. The third-order valence-corrected chi connectivity index (χ3v) is 0.957. The van der Waals surface area contributed by atoms with Crippen LogP contribution in [0.2, 0.25) is 0 Å². The van der Waals surface area contributed by atoms with Crippen molar-refractivity contribution in [2.75, 3.05) is 26.2 Å². The average molecular weight is 148 g/mol. The van der Waals surface area contributed by atoms with Gasteiger partial charge in [-0.2, -0.15) is 0 Å². The number of nitrogens with two attached hydrogens (primary N) is 1. The van der Waals surface area contributed by atoms with Crippen molar-refractivity contribution >= 4 is 6.41 Å². The second kappa shape index (κ2) is 11.2. The van der Waals surface area contributed by atoms with Gasteiger partial charge in [0.2, 0.25) is 6.41 Å².